The van der Waals surface area contributed by atoms with E-state index >= 15 is 0 Å². The lowest BCUT2D eigenvalue weighted by Crippen LogP contribution is -2.33. The van der Waals surface area contributed by atoms with Gasteiger partial charge in [-0.2, -0.15) is 0 Å². The molecule has 1 fully saturated rings. The second-order valence-electron chi connectivity index (χ2n) is 4.82. The number of carbonyl (C=O) groups is 1. The summed E-state index contributed by atoms with van der Waals surface area (Å²) in [4.78, 5) is 13.8. The maximum absolute atomic E-state index is 12.0. The van der Waals surface area contributed by atoms with Crippen molar-refractivity contribution in [1.29, 1.82) is 0 Å². The van der Waals surface area contributed by atoms with Gasteiger partial charge in [0.25, 0.3) is 0 Å². The van der Waals surface area contributed by atoms with Crippen LogP contribution in [0.5, 0.6) is 0 Å². The van der Waals surface area contributed by atoms with Crippen molar-refractivity contribution < 1.29 is 14.6 Å². The van der Waals surface area contributed by atoms with E-state index < -0.39 is 6.10 Å². The average Bonchev–Trinajstić information content (AvgIpc) is 2.88. The quantitative estimate of drug-likeness (QED) is 0.877. The number of amides is 2. The minimum Gasteiger partial charge on any atom is -0.389 e. The van der Waals surface area contributed by atoms with Crippen LogP contribution in [0.15, 0.2) is 24.3 Å². The Morgan fingerprint density at radius 1 is 1.47 bits per heavy atom. The predicted molar refractivity (Wildman–Crippen MR) is 73.1 cm³/mol. The van der Waals surface area contributed by atoms with Gasteiger partial charge in [0.15, 0.2) is 0 Å². The Morgan fingerprint density at radius 2 is 2.16 bits per heavy atom. The lowest BCUT2D eigenvalue weighted by Gasteiger charge is -2.17. The number of methoxy groups -OCH3 is 1. The number of carbonyl (C=O) groups excluding carboxylic acids is 1. The molecule has 0 radical (unpaired) electrons. The molecule has 19 heavy (non-hydrogen) atoms. The van der Waals surface area contributed by atoms with Crippen molar-refractivity contribution >= 4 is 11.7 Å². The van der Waals surface area contributed by atoms with E-state index in [0.29, 0.717) is 6.54 Å². The SMILES string of the molecule is COC1CCN(C(=O)Nc2ccc(C(C)O)cc2)C1. The van der Waals surface area contributed by atoms with E-state index in [1.807, 2.05) is 12.1 Å². The average molecular weight is 264 g/mol. The molecule has 1 aliphatic rings. The van der Waals surface area contributed by atoms with Crippen molar-refractivity contribution in [3.05, 3.63) is 29.8 Å². The summed E-state index contributed by atoms with van der Waals surface area (Å²) in [5.41, 5.74) is 1.56. The van der Waals surface area contributed by atoms with E-state index in [0.717, 1.165) is 24.2 Å². The molecular weight excluding hydrogens is 244 g/mol. The lowest BCUT2D eigenvalue weighted by atomic mass is 10.1. The zero-order valence-corrected chi connectivity index (χ0v) is 11.3. The highest BCUT2D eigenvalue weighted by atomic mass is 16.5. The summed E-state index contributed by atoms with van der Waals surface area (Å²) in [6, 6.07) is 7.10. The molecule has 2 atom stereocenters. The van der Waals surface area contributed by atoms with E-state index in [9.17, 15) is 9.90 Å². The van der Waals surface area contributed by atoms with Crippen molar-refractivity contribution in [2.24, 2.45) is 0 Å². The third kappa shape index (κ3) is 3.45. The van der Waals surface area contributed by atoms with Gasteiger partial charge in [-0.05, 0) is 31.0 Å². The molecule has 1 heterocycles. The molecule has 0 saturated carbocycles. The van der Waals surface area contributed by atoms with E-state index in [2.05, 4.69) is 5.32 Å². The summed E-state index contributed by atoms with van der Waals surface area (Å²) in [5, 5.41) is 12.3. The van der Waals surface area contributed by atoms with Crippen LogP contribution in [0.3, 0.4) is 0 Å². The summed E-state index contributed by atoms with van der Waals surface area (Å²) in [6.07, 6.45) is 0.527. The van der Waals surface area contributed by atoms with Crippen molar-refractivity contribution in [2.75, 3.05) is 25.5 Å². The van der Waals surface area contributed by atoms with Crippen LogP contribution in [0.2, 0.25) is 0 Å². The van der Waals surface area contributed by atoms with Gasteiger partial charge in [-0.3, -0.25) is 0 Å². The Balaban J connectivity index is 1.92. The van der Waals surface area contributed by atoms with Gasteiger partial charge in [-0.1, -0.05) is 12.1 Å². The van der Waals surface area contributed by atoms with Crippen LogP contribution in [-0.4, -0.2) is 42.3 Å². The third-order valence-corrected chi connectivity index (χ3v) is 3.41. The molecule has 2 unspecified atom stereocenters. The topological polar surface area (TPSA) is 61.8 Å². The van der Waals surface area contributed by atoms with Crippen molar-refractivity contribution in [3.8, 4) is 0 Å². The van der Waals surface area contributed by atoms with Gasteiger partial charge in [0.05, 0.1) is 12.2 Å². The fourth-order valence-corrected chi connectivity index (χ4v) is 2.15. The highest BCUT2D eigenvalue weighted by Gasteiger charge is 2.25. The van der Waals surface area contributed by atoms with Crippen LogP contribution in [0, 0.1) is 0 Å². The monoisotopic (exact) mass is 264 g/mol. The minimum absolute atomic E-state index is 0.107. The molecule has 1 aliphatic heterocycles. The summed E-state index contributed by atoms with van der Waals surface area (Å²) < 4.78 is 5.23. The molecule has 2 rings (SSSR count). The summed E-state index contributed by atoms with van der Waals surface area (Å²) in [7, 11) is 1.67. The summed E-state index contributed by atoms with van der Waals surface area (Å²) in [6.45, 7) is 3.06. The van der Waals surface area contributed by atoms with Crippen LogP contribution in [0.25, 0.3) is 0 Å². The first-order valence-corrected chi connectivity index (χ1v) is 6.47. The molecule has 0 aliphatic carbocycles. The van der Waals surface area contributed by atoms with Crippen molar-refractivity contribution in [3.63, 3.8) is 0 Å². The Kier molecular flexibility index (Phi) is 4.39. The van der Waals surface area contributed by atoms with Gasteiger partial charge >= 0.3 is 6.03 Å². The summed E-state index contributed by atoms with van der Waals surface area (Å²) >= 11 is 0. The van der Waals surface area contributed by atoms with Crippen LogP contribution < -0.4 is 5.32 Å². The lowest BCUT2D eigenvalue weighted by molar-refractivity contribution is 0.111. The number of likely N-dealkylation sites (tertiary alicyclic amines) is 1. The molecule has 2 N–H and O–H groups in total. The maximum Gasteiger partial charge on any atom is 0.321 e. The largest absolute Gasteiger partial charge is 0.389 e. The molecule has 0 spiro atoms. The van der Waals surface area contributed by atoms with Gasteiger partial charge < -0.3 is 20.1 Å². The number of nitrogens with zero attached hydrogens (tertiary/aromatic N) is 1. The zero-order valence-electron chi connectivity index (χ0n) is 11.3. The van der Waals surface area contributed by atoms with Gasteiger partial charge in [-0.25, -0.2) is 4.79 Å². The van der Waals surface area contributed by atoms with E-state index in [1.165, 1.54) is 0 Å². The Bertz CT molecular complexity index is 431. The number of aliphatic hydroxyl groups excluding tert-OH is 1. The highest BCUT2D eigenvalue weighted by Crippen LogP contribution is 2.17. The molecule has 104 valence electrons. The van der Waals surface area contributed by atoms with Gasteiger partial charge in [0, 0.05) is 25.9 Å². The standard InChI is InChI=1S/C14H20N2O3/c1-10(17)11-3-5-12(6-4-11)15-14(18)16-8-7-13(9-16)19-2/h3-6,10,13,17H,7-9H2,1-2H3,(H,15,18). The Hall–Kier alpha value is -1.59. The van der Waals surface area contributed by atoms with Gasteiger partial charge in [-0.15, -0.1) is 0 Å². The molecule has 5 heteroatoms. The van der Waals surface area contributed by atoms with Gasteiger partial charge in [0.2, 0.25) is 0 Å². The number of hydrogen-bond acceptors (Lipinski definition) is 3. The second-order valence-corrected chi connectivity index (χ2v) is 4.82. The fourth-order valence-electron chi connectivity index (χ4n) is 2.15. The third-order valence-electron chi connectivity index (χ3n) is 3.41. The van der Waals surface area contributed by atoms with E-state index in [4.69, 9.17) is 4.74 Å². The minimum atomic E-state index is -0.495. The number of ether oxygens (including phenoxy) is 1. The zero-order chi connectivity index (χ0) is 13.8. The molecule has 2 amide bonds. The number of benzene rings is 1. The number of urea groups is 1. The smallest absolute Gasteiger partial charge is 0.321 e. The second kappa shape index (κ2) is 6.04. The maximum atomic E-state index is 12.0. The highest BCUT2D eigenvalue weighted by molar-refractivity contribution is 5.89. The number of aliphatic hydroxyl groups is 1. The Labute approximate surface area is 113 Å². The number of anilines is 1. The molecular formula is C14H20N2O3. The first-order chi connectivity index (χ1) is 9.10. The molecule has 0 aromatic heterocycles. The van der Waals surface area contributed by atoms with Crippen LogP contribution in [-0.2, 0) is 4.74 Å². The molecule has 1 aromatic carbocycles. The first kappa shape index (κ1) is 13.8. The van der Waals surface area contributed by atoms with E-state index in [-0.39, 0.29) is 12.1 Å². The molecule has 0 bridgehead atoms. The number of nitrogens with one attached hydrogen (secondary N) is 1. The fraction of sp³-hybridized carbons (Fsp3) is 0.500. The molecule has 5 nitrogen and oxygen atoms in total. The summed E-state index contributed by atoms with van der Waals surface area (Å²) in [5.74, 6) is 0. The predicted octanol–water partition coefficient (Wildman–Crippen LogP) is 1.99. The van der Waals surface area contributed by atoms with E-state index in [1.54, 1.807) is 31.1 Å². The normalized spacial score (nSPS) is 20.4. The van der Waals surface area contributed by atoms with Crippen molar-refractivity contribution in [1.82, 2.24) is 4.90 Å². The van der Waals surface area contributed by atoms with Crippen molar-refractivity contribution in [2.45, 2.75) is 25.6 Å². The van der Waals surface area contributed by atoms with Crippen LogP contribution in [0.4, 0.5) is 10.5 Å². The first-order valence-electron chi connectivity index (χ1n) is 6.47. The number of rotatable bonds is 3. The molecule has 1 aromatic rings. The number of hydrogen-bond donors (Lipinski definition) is 2. The van der Waals surface area contributed by atoms with Gasteiger partial charge in [0.1, 0.15) is 0 Å². The molecule has 1 saturated heterocycles. The van der Waals surface area contributed by atoms with Crippen LogP contribution in [0.1, 0.15) is 25.0 Å². The van der Waals surface area contributed by atoms with Crippen LogP contribution >= 0.6 is 0 Å². The Morgan fingerprint density at radius 3 is 2.68 bits per heavy atom.